The first kappa shape index (κ1) is 16.6. The van der Waals surface area contributed by atoms with E-state index in [1.807, 2.05) is 24.8 Å². The summed E-state index contributed by atoms with van der Waals surface area (Å²) in [7, 11) is 0. The van der Waals surface area contributed by atoms with Gasteiger partial charge in [0.1, 0.15) is 5.82 Å². The van der Waals surface area contributed by atoms with Crippen molar-refractivity contribution in [2.24, 2.45) is 0 Å². The zero-order chi connectivity index (χ0) is 15.5. The minimum Gasteiger partial charge on any atom is -0.370 e. The Hall–Kier alpha value is -0.740. The molecule has 1 N–H and O–H groups in total. The van der Waals surface area contributed by atoms with E-state index in [4.69, 9.17) is 0 Å². The van der Waals surface area contributed by atoms with Crippen LogP contribution in [0.5, 0.6) is 0 Å². The van der Waals surface area contributed by atoms with Gasteiger partial charge in [-0.05, 0) is 32.0 Å². The van der Waals surface area contributed by atoms with E-state index in [0.29, 0.717) is 4.75 Å². The Morgan fingerprint density at radius 1 is 1.38 bits per heavy atom. The van der Waals surface area contributed by atoms with Crippen molar-refractivity contribution in [3.63, 3.8) is 0 Å². The summed E-state index contributed by atoms with van der Waals surface area (Å²) in [5, 5.41) is 3.34. The van der Waals surface area contributed by atoms with E-state index < -0.39 is 0 Å². The Balaban J connectivity index is 2.28. The van der Waals surface area contributed by atoms with Gasteiger partial charge in [0.25, 0.3) is 0 Å². The lowest BCUT2D eigenvalue weighted by Gasteiger charge is -2.28. The molecular weight excluding hydrogens is 283 g/mol. The highest BCUT2D eigenvalue weighted by Crippen LogP contribution is 2.35. The maximum absolute atomic E-state index is 14.4. The Kier molecular flexibility index (Phi) is 5.55. The van der Waals surface area contributed by atoms with Crippen LogP contribution in [0.3, 0.4) is 0 Å². The van der Waals surface area contributed by atoms with Crippen LogP contribution < -0.4 is 10.2 Å². The Labute approximate surface area is 132 Å². The monoisotopic (exact) mass is 310 g/mol. The molecule has 0 spiro atoms. The smallest absolute Gasteiger partial charge is 0.130 e. The average Bonchev–Trinajstić information content (AvgIpc) is 2.59. The average molecular weight is 310 g/mol. The van der Waals surface area contributed by atoms with Crippen molar-refractivity contribution in [2.45, 2.75) is 44.9 Å². The number of nitrogens with zero attached hydrogens (tertiary/aromatic N) is 1. The first-order valence-corrected chi connectivity index (χ1v) is 8.84. The van der Waals surface area contributed by atoms with E-state index in [1.165, 1.54) is 0 Å². The second-order valence-electron chi connectivity index (χ2n) is 6.30. The Morgan fingerprint density at radius 2 is 2.14 bits per heavy atom. The summed E-state index contributed by atoms with van der Waals surface area (Å²) in [6.07, 6.45) is 1.13. The van der Waals surface area contributed by atoms with Crippen molar-refractivity contribution >= 4 is 17.4 Å². The predicted octanol–water partition coefficient (Wildman–Crippen LogP) is 4.22. The molecule has 21 heavy (non-hydrogen) atoms. The summed E-state index contributed by atoms with van der Waals surface area (Å²) in [6, 6.07) is 5.50. The van der Waals surface area contributed by atoms with Gasteiger partial charge in [0.05, 0.1) is 0 Å². The lowest BCUT2D eigenvalue weighted by Crippen LogP contribution is -2.30. The number of benzene rings is 1. The molecule has 1 aliphatic heterocycles. The molecular formula is C17H27FN2S. The molecule has 1 heterocycles. The van der Waals surface area contributed by atoms with Crippen molar-refractivity contribution in [1.82, 2.24) is 5.32 Å². The molecule has 0 aliphatic carbocycles. The highest BCUT2D eigenvalue weighted by molar-refractivity contribution is 8.00. The van der Waals surface area contributed by atoms with Gasteiger partial charge in [-0.15, -0.1) is 0 Å². The highest BCUT2D eigenvalue weighted by Gasteiger charge is 2.26. The highest BCUT2D eigenvalue weighted by atomic mass is 32.2. The quantitative estimate of drug-likeness (QED) is 0.896. The lowest BCUT2D eigenvalue weighted by atomic mass is 10.0. The molecule has 1 unspecified atom stereocenters. The molecule has 1 fully saturated rings. The van der Waals surface area contributed by atoms with Crippen LogP contribution in [0, 0.1) is 5.82 Å². The van der Waals surface area contributed by atoms with Crippen molar-refractivity contribution in [1.29, 1.82) is 0 Å². The summed E-state index contributed by atoms with van der Waals surface area (Å²) >= 11 is 2.02. The van der Waals surface area contributed by atoms with E-state index >= 15 is 0 Å². The third kappa shape index (κ3) is 4.13. The number of nitrogens with one attached hydrogen (secondary N) is 1. The van der Waals surface area contributed by atoms with Gasteiger partial charge in [-0.3, -0.25) is 0 Å². The molecule has 118 valence electrons. The summed E-state index contributed by atoms with van der Waals surface area (Å²) < 4.78 is 14.7. The van der Waals surface area contributed by atoms with Crippen LogP contribution in [0.1, 0.15) is 45.7 Å². The molecule has 1 saturated heterocycles. The van der Waals surface area contributed by atoms with E-state index in [9.17, 15) is 4.39 Å². The van der Waals surface area contributed by atoms with Gasteiger partial charge in [0.2, 0.25) is 0 Å². The molecule has 0 radical (unpaired) electrons. The number of thioether (sulfide) groups is 1. The molecule has 2 nitrogen and oxygen atoms in total. The molecule has 4 heteroatoms. The third-order valence-electron chi connectivity index (χ3n) is 4.15. The van der Waals surface area contributed by atoms with E-state index in [2.05, 4.69) is 37.1 Å². The number of halogens is 1. The first-order chi connectivity index (χ1) is 9.94. The predicted molar refractivity (Wildman–Crippen MR) is 91.9 cm³/mol. The summed E-state index contributed by atoms with van der Waals surface area (Å²) in [5.74, 6) is 0.996. The van der Waals surface area contributed by atoms with Gasteiger partial charge in [-0.2, -0.15) is 11.8 Å². The van der Waals surface area contributed by atoms with E-state index in [-0.39, 0.29) is 11.9 Å². The van der Waals surface area contributed by atoms with Crippen LogP contribution in [0.25, 0.3) is 0 Å². The van der Waals surface area contributed by atoms with Crippen LogP contribution >= 0.6 is 11.8 Å². The minimum atomic E-state index is -0.0999. The third-order valence-corrected chi connectivity index (χ3v) is 5.52. The fourth-order valence-corrected chi connectivity index (χ4v) is 4.00. The van der Waals surface area contributed by atoms with Crippen LogP contribution in [-0.2, 0) is 0 Å². The minimum absolute atomic E-state index is 0.0371. The van der Waals surface area contributed by atoms with Crippen molar-refractivity contribution < 1.29 is 4.39 Å². The standard InChI is InChI=1S/C17H27FN2S/c1-5-19-13(2)16-14(18)7-6-8-15(16)20-10-9-17(3,4)21-12-11-20/h6-8,13,19H,5,9-12H2,1-4H3. The topological polar surface area (TPSA) is 15.3 Å². The summed E-state index contributed by atoms with van der Waals surface area (Å²) in [4.78, 5) is 2.36. The van der Waals surface area contributed by atoms with Crippen molar-refractivity contribution in [2.75, 3.05) is 30.3 Å². The molecule has 0 saturated carbocycles. The van der Waals surface area contributed by atoms with E-state index in [0.717, 1.165) is 43.1 Å². The maximum Gasteiger partial charge on any atom is 0.130 e. The number of anilines is 1. The molecule has 1 atom stereocenters. The number of rotatable bonds is 4. The van der Waals surface area contributed by atoms with Crippen LogP contribution in [0.4, 0.5) is 10.1 Å². The lowest BCUT2D eigenvalue weighted by molar-refractivity contribution is 0.538. The van der Waals surface area contributed by atoms with Gasteiger partial charge in [0.15, 0.2) is 0 Å². The summed E-state index contributed by atoms with van der Waals surface area (Å²) in [6.45, 7) is 11.5. The normalized spacial score (nSPS) is 20.1. The van der Waals surface area contributed by atoms with Gasteiger partial charge < -0.3 is 10.2 Å². The molecule has 1 aromatic rings. The molecule has 0 bridgehead atoms. The molecule has 1 aromatic carbocycles. The number of hydrogen-bond donors (Lipinski definition) is 1. The second-order valence-corrected chi connectivity index (χ2v) is 8.10. The van der Waals surface area contributed by atoms with Gasteiger partial charge in [-0.25, -0.2) is 4.39 Å². The maximum atomic E-state index is 14.4. The second kappa shape index (κ2) is 7.01. The summed E-state index contributed by atoms with van der Waals surface area (Å²) in [5.41, 5.74) is 1.87. The fourth-order valence-electron chi connectivity index (χ4n) is 2.90. The first-order valence-electron chi connectivity index (χ1n) is 7.85. The molecule has 1 aliphatic rings. The van der Waals surface area contributed by atoms with Crippen molar-refractivity contribution in [3.8, 4) is 0 Å². The Bertz CT molecular complexity index is 476. The van der Waals surface area contributed by atoms with Crippen LogP contribution in [0.15, 0.2) is 18.2 Å². The van der Waals surface area contributed by atoms with Crippen LogP contribution in [-0.4, -0.2) is 30.1 Å². The van der Waals surface area contributed by atoms with Crippen molar-refractivity contribution in [3.05, 3.63) is 29.6 Å². The van der Waals surface area contributed by atoms with E-state index in [1.54, 1.807) is 6.07 Å². The SMILES string of the molecule is CCNC(C)c1c(F)cccc1N1CCSC(C)(C)CC1. The van der Waals surface area contributed by atoms with Gasteiger partial charge in [0, 0.05) is 40.9 Å². The largest absolute Gasteiger partial charge is 0.370 e. The molecule has 0 aromatic heterocycles. The van der Waals surface area contributed by atoms with Crippen LogP contribution in [0.2, 0.25) is 0 Å². The van der Waals surface area contributed by atoms with Gasteiger partial charge >= 0.3 is 0 Å². The zero-order valence-corrected chi connectivity index (χ0v) is 14.4. The Morgan fingerprint density at radius 3 is 2.86 bits per heavy atom. The zero-order valence-electron chi connectivity index (χ0n) is 13.6. The fraction of sp³-hybridized carbons (Fsp3) is 0.647. The molecule has 0 amide bonds. The van der Waals surface area contributed by atoms with Gasteiger partial charge in [-0.1, -0.05) is 26.8 Å². The molecule has 2 rings (SSSR count). The number of hydrogen-bond acceptors (Lipinski definition) is 3.